The van der Waals surface area contributed by atoms with Crippen LogP contribution in [0.1, 0.15) is 17.9 Å². The molecule has 0 aliphatic rings. The van der Waals surface area contributed by atoms with Gasteiger partial charge in [-0.2, -0.15) is 0 Å². The Morgan fingerprint density at radius 3 is 2.71 bits per heavy atom. The van der Waals surface area contributed by atoms with Gasteiger partial charge in [0.25, 0.3) is 0 Å². The van der Waals surface area contributed by atoms with E-state index in [9.17, 15) is 4.79 Å². The monoisotopic (exact) mass is 248 g/mol. The summed E-state index contributed by atoms with van der Waals surface area (Å²) in [6.07, 6.45) is 0. The summed E-state index contributed by atoms with van der Waals surface area (Å²) in [5.74, 6) is 0.942. The van der Waals surface area contributed by atoms with Crippen molar-refractivity contribution < 1.29 is 4.79 Å². The second kappa shape index (κ2) is 5.64. The second-order valence-corrected chi connectivity index (χ2v) is 4.75. The highest BCUT2D eigenvalue weighted by atomic mass is 35.5. The molecule has 0 amide bonds. The van der Waals surface area contributed by atoms with Gasteiger partial charge in [-0.25, -0.2) is 0 Å². The van der Waals surface area contributed by atoms with Gasteiger partial charge < -0.3 is 0 Å². The molecule has 14 heavy (non-hydrogen) atoms. The summed E-state index contributed by atoms with van der Waals surface area (Å²) >= 11 is 12.9. The van der Waals surface area contributed by atoms with Crippen molar-refractivity contribution in [3.63, 3.8) is 0 Å². The zero-order chi connectivity index (χ0) is 10.6. The first-order valence-electron chi connectivity index (χ1n) is 4.22. The van der Waals surface area contributed by atoms with Crippen molar-refractivity contribution in [2.45, 2.75) is 17.2 Å². The van der Waals surface area contributed by atoms with E-state index in [1.54, 1.807) is 11.8 Å². The lowest BCUT2D eigenvalue weighted by molar-refractivity contribution is -0.111. The van der Waals surface area contributed by atoms with E-state index in [2.05, 4.69) is 0 Å². The molecule has 1 unspecified atom stereocenters. The minimum atomic E-state index is -0.744. The minimum Gasteiger partial charge on any atom is -0.279 e. The molecular formula is C10H10Cl2OS. The highest BCUT2D eigenvalue weighted by molar-refractivity contribution is 7.99. The van der Waals surface area contributed by atoms with Crippen molar-refractivity contribution in [1.82, 2.24) is 0 Å². The molecule has 1 rings (SSSR count). The minimum absolute atomic E-state index is 0.532. The van der Waals surface area contributed by atoms with Gasteiger partial charge in [0.15, 0.2) is 0 Å². The van der Waals surface area contributed by atoms with E-state index in [1.165, 1.54) is 0 Å². The van der Waals surface area contributed by atoms with Crippen LogP contribution in [0.25, 0.3) is 0 Å². The van der Waals surface area contributed by atoms with Crippen molar-refractivity contribution in [2.24, 2.45) is 0 Å². The van der Waals surface area contributed by atoms with Crippen molar-refractivity contribution in [3.8, 4) is 0 Å². The molecule has 0 saturated carbocycles. The molecule has 0 fully saturated rings. The van der Waals surface area contributed by atoms with Crippen LogP contribution >= 0.6 is 35.0 Å². The van der Waals surface area contributed by atoms with Gasteiger partial charge in [-0.15, -0.1) is 23.4 Å². The van der Waals surface area contributed by atoms with Crippen molar-refractivity contribution in [2.75, 3.05) is 5.75 Å². The quantitative estimate of drug-likeness (QED) is 0.458. The average Bonchev–Trinajstić information content (AvgIpc) is 2.18. The van der Waals surface area contributed by atoms with Crippen LogP contribution in [0.5, 0.6) is 0 Å². The Morgan fingerprint density at radius 1 is 1.50 bits per heavy atom. The summed E-state index contributed by atoms with van der Waals surface area (Å²) in [5, 5.41) is -1.28. The third-order valence-corrected chi connectivity index (χ3v) is 3.43. The summed E-state index contributed by atoms with van der Waals surface area (Å²) in [5.41, 5.74) is 0.793. The largest absolute Gasteiger partial charge is 0.279 e. The summed E-state index contributed by atoms with van der Waals surface area (Å²) in [4.78, 5) is 11.9. The van der Waals surface area contributed by atoms with E-state index >= 15 is 0 Å². The molecule has 0 aliphatic carbocycles. The van der Waals surface area contributed by atoms with Crippen LogP contribution < -0.4 is 0 Å². The van der Waals surface area contributed by atoms with Crippen molar-refractivity contribution in [1.29, 1.82) is 0 Å². The summed E-state index contributed by atoms with van der Waals surface area (Å²) < 4.78 is 0. The van der Waals surface area contributed by atoms with Crippen LogP contribution in [0.15, 0.2) is 29.2 Å². The van der Waals surface area contributed by atoms with Gasteiger partial charge in [0, 0.05) is 4.90 Å². The Bertz CT molecular complexity index is 328. The number of alkyl halides is 1. The highest BCUT2D eigenvalue weighted by Gasteiger charge is 2.18. The number of hydrogen-bond donors (Lipinski definition) is 0. The molecule has 1 nitrogen and oxygen atoms in total. The van der Waals surface area contributed by atoms with E-state index < -0.39 is 10.6 Å². The van der Waals surface area contributed by atoms with Gasteiger partial charge in [-0.3, -0.25) is 4.79 Å². The zero-order valence-corrected chi connectivity index (χ0v) is 9.99. The normalized spacial score (nSPS) is 12.5. The maximum absolute atomic E-state index is 10.9. The van der Waals surface area contributed by atoms with E-state index in [0.29, 0.717) is 0 Å². The zero-order valence-electron chi connectivity index (χ0n) is 7.67. The first kappa shape index (κ1) is 11.9. The first-order chi connectivity index (χ1) is 6.66. The van der Waals surface area contributed by atoms with Crippen LogP contribution in [0.3, 0.4) is 0 Å². The molecule has 0 heterocycles. The number of halogens is 2. The van der Waals surface area contributed by atoms with Crippen LogP contribution in [-0.4, -0.2) is 11.0 Å². The Kier molecular flexibility index (Phi) is 4.79. The molecule has 0 aromatic heterocycles. The first-order valence-corrected chi connectivity index (χ1v) is 6.02. The lowest BCUT2D eigenvalue weighted by Gasteiger charge is -2.09. The third-order valence-electron chi connectivity index (χ3n) is 1.69. The highest BCUT2D eigenvalue weighted by Crippen LogP contribution is 2.32. The maximum atomic E-state index is 10.9. The number of thioether (sulfide) groups is 1. The van der Waals surface area contributed by atoms with Gasteiger partial charge in [0.05, 0.1) is 0 Å². The Hall–Kier alpha value is -0.180. The molecule has 1 atom stereocenters. The predicted molar refractivity (Wildman–Crippen MR) is 62.3 cm³/mol. The molecule has 0 radical (unpaired) electrons. The van der Waals surface area contributed by atoms with E-state index in [1.807, 2.05) is 31.2 Å². The lowest BCUT2D eigenvalue weighted by Crippen LogP contribution is -2.00. The van der Waals surface area contributed by atoms with E-state index in [-0.39, 0.29) is 0 Å². The number of hydrogen-bond acceptors (Lipinski definition) is 2. The molecule has 1 aromatic rings. The standard InChI is InChI=1S/C10H10Cl2OS/c1-2-14-8-6-4-3-5-7(8)9(11)10(12)13/h3-6,9H,2H2,1H3. The number of benzene rings is 1. The van der Waals surface area contributed by atoms with Crippen molar-refractivity contribution >= 4 is 40.2 Å². The Morgan fingerprint density at radius 2 is 2.14 bits per heavy atom. The summed E-state index contributed by atoms with van der Waals surface area (Å²) in [6, 6.07) is 7.54. The SMILES string of the molecule is CCSc1ccccc1C(Cl)C(=O)Cl. The third kappa shape index (κ3) is 2.91. The average molecular weight is 249 g/mol. The lowest BCUT2D eigenvalue weighted by atomic mass is 10.1. The van der Waals surface area contributed by atoms with Gasteiger partial charge in [-0.1, -0.05) is 25.1 Å². The van der Waals surface area contributed by atoms with Crippen LogP contribution in [0.4, 0.5) is 0 Å². The molecule has 0 saturated heterocycles. The molecule has 4 heteroatoms. The van der Waals surface area contributed by atoms with E-state index in [0.717, 1.165) is 16.2 Å². The summed E-state index contributed by atoms with van der Waals surface area (Å²) in [7, 11) is 0. The Balaban J connectivity index is 3.00. The molecule has 0 N–H and O–H groups in total. The van der Waals surface area contributed by atoms with Gasteiger partial charge in [0.1, 0.15) is 5.38 Å². The fourth-order valence-corrected chi connectivity index (χ4v) is 2.31. The second-order valence-electron chi connectivity index (χ2n) is 2.64. The number of rotatable bonds is 4. The fraction of sp³-hybridized carbons (Fsp3) is 0.300. The van der Waals surface area contributed by atoms with Gasteiger partial charge in [0.2, 0.25) is 5.24 Å². The van der Waals surface area contributed by atoms with Gasteiger partial charge >= 0.3 is 0 Å². The van der Waals surface area contributed by atoms with Crippen LogP contribution in [0, 0.1) is 0 Å². The van der Waals surface area contributed by atoms with Crippen LogP contribution in [0.2, 0.25) is 0 Å². The molecule has 0 bridgehead atoms. The predicted octanol–water partition coefficient (Wildman–Crippen LogP) is 3.84. The van der Waals surface area contributed by atoms with Crippen LogP contribution in [-0.2, 0) is 4.79 Å². The van der Waals surface area contributed by atoms with E-state index in [4.69, 9.17) is 23.2 Å². The molecular weight excluding hydrogens is 239 g/mol. The molecule has 0 aliphatic heterocycles. The number of carbonyl (C=O) groups is 1. The maximum Gasteiger partial charge on any atom is 0.244 e. The summed E-state index contributed by atoms with van der Waals surface area (Å²) in [6.45, 7) is 2.05. The Labute approximate surface area is 97.8 Å². The fourth-order valence-electron chi connectivity index (χ4n) is 1.10. The smallest absolute Gasteiger partial charge is 0.244 e. The molecule has 1 aromatic carbocycles. The van der Waals surface area contributed by atoms with Crippen molar-refractivity contribution in [3.05, 3.63) is 29.8 Å². The molecule has 0 spiro atoms. The molecule has 76 valence electrons. The topological polar surface area (TPSA) is 17.1 Å². The number of carbonyl (C=O) groups excluding carboxylic acids is 1. The van der Waals surface area contributed by atoms with Gasteiger partial charge in [-0.05, 0) is 29.0 Å².